The van der Waals surface area contributed by atoms with Crippen molar-refractivity contribution >= 4 is 43.7 Å². The molecule has 1 aromatic heterocycles. The third kappa shape index (κ3) is 4.11. The van der Waals surface area contributed by atoms with Crippen molar-refractivity contribution in [2.45, 2.75) is 18.2 Å². The Morgan fingerprint density at radius 1 is 1.27 bits per heavy atom. The number of aromatic amines is 1. The molecule has 2 radical (unpaired) electrons. The minimum Gasteiger partial charge on any atom is -0.355 e. The Morgan fingerprint density at radius 3 is 2.65 bits per heavy atom. The molecule has 1 aromatic carbocycles. The SMILES string of the molecule is [B][N+]1=CC=CC1=C(CCN)c1[nH]c(/C=C/c2ccc(SC)cc2)cc1C. The van der Waals surface area contributed by atoms with Crippen molar-refractivity contribution in [3.05, 3.63) is 70.7 Å². The van der Waals surface area contributed by atoms with E-state index in [0.29, 0.717) is 6.54 Å². The maximum atomic E-state index is 6.05. The zero-order valence-corrected chi connectivity index (χ0v) is 16.0. The molecule has 0 amide bonds. The summed E-state index contributed by atoms with van der Waals surface area (Å²) in [7, 11) is 6.05. The topological polar surface area (TPSA) is 44.8 Å². The Balaban J connectivity index is 1.89. The fourth-order valence-corrected chi connectivity index (χ4v) is 3.47. The number of H-pyrrole nitrogens is 1. The molecule has 0 unspecified atom stereocenters. The number of rotatable bonds is 6. The van der Waals surface area contributed by atoms with Gasteiger partial charge in [-0.15, -0.1) is 11.8 Å². The van der Waals surface area contributed by atoms with E-state index in [9.17, 15) is 0 Å². The number of nitrogens with one attached hydrogen (secondary N) is 1. The van der Waals surface area contributed by atoms with Crippen LogP contribution in [-0.2, 0) is 0 Å². The highest BCUT2D eigenvalue weighted by Gasteiger charge is 2.20. The van der Waals surface area contributed by atoms with E-state index in [1.807, 2.05) is 18.4 Å². The van der Waals surface area contributed by atoms with Crippen LogP contribution in [0, 0.1) is 6.92 Å². The summed E-state index contributed by atoms with van der Waals surface area (Å²) in [6, 6.07) is 10.7. The molecule has 3 N–H and O–H groups in total. The normalized spacial score (nSPS) is 15.7. The predicted octanol–water partition coefficient (Wildman–Crippen LogP) is 4.01. The van der Waals surface area contributed by atoms with Gasteiger partial charge >= 0.3 is 7.98 Å². The Morgan fingerprint density at radius 2 is 2.04 bits per heavy atom. The quantitative estimate of drug-likeness (QED) is 0.604. The summed E-state index contributed by atoms with van der Waals surface area (Å²) >= 11 is 1.75. The van der Waals surface area contributed by atoms with Crippen molar-refractivity contribution in [2.75, 3.05) is 12.8 Å². The summed E-state index contributed by atoms with van der Waals surface area (Å²) in [5.74, 6) is 0. The van der Waals surface area contributed by atoms with Crippen LogP contribution in [0.25, 0.3) is 17.7 Å². The van der Waals surface area contributed by atoms with E-state index in [1.54, 1.807) is 16.2 Å². The highest BCUT2D eigenvalue weighted by Crippen LogP contribution is 2.27. The Hall–Kier alpha value is -2.24. The van der Waals surface area contributed by atoms with Gasteiger partial charge in [-0.25, -0.2) is 0 Å². The van der Waals surface area contributed by atoms with Crippen LogP contribution in [0.3, 0.4) is 0 Å². The first kappa shape index (κ1) is 18.6. The maximum Gasteiger partial charge on any atom is 0.586 e. The molecule has 2 heterocycles. The minimum atomic E-state index is 0.575. The van der Waals surface area contributed by atoms with Gasteiger partial charge in [0, 0.05) is 28.3 Å². The third-order valence-corrected chi connectivity index (χ3v) is 5.13. The van der Waals surface area contributed by atoms with E-state index in [1.165, 1.54) is 16.0 Å². The van der Waals surface area contributed by atoms with Gasteiger partial charge in [0.25, 0.3) is 0 Å². The molecule has 1 aliphatic heterocycles. The predicted molar refractivity (Wildman–Crippen MR) is 114 cm³/mol. The second kappa shape index (κ2) is 8.43. The van der Waals surface area contributed by atoms with E-state index in [2.05, 4.69) is 60.6 Å². The van der Waals surface area contributed by atoms with E-state index >= 15 is 0 Å². The van der Waals surface area contributed by atoms with Gasteiger partial charge in [0.2, 0.25) is 0 Å². The molecule has 0 saturated carbocycles. The molecule has 0 fully saturated rings. The first-order chi connectivity index (χ1) is 12.6. The van der Waals surface area contributed by atoms with Gasteiger partial charge in [0.1, 0.15) is 6.21 Å². The Labute approximate surface area is 160 Å². The molecule has 26 heavy (non-hydrogen) atoms. The van der Waals surface area contributed by atoms with Gasteiger partial charge in [0.15, 0.2) is 5.70 Å². The number of hydrogen-bond donors (Lipinski definition) is 2. The lowest BCUT2D eigenvalue weighted by Gasteiger charge is -2.07. The zero-order chi connectivity index (χ0) is 18.5. The molecule has 5 heteroatoms. The summed E-state index contributed by atoms with van der Waals surface area (Å²) in [6.07, 6.45) is 12.9. The zero-order valence-electron chi connectivity index (χ0n) is 15.2. The van der Waals surface area contributed by atoms with Crippen molar-refractivity contribution in [3.63, 3.8) is 0 Å². The molecule has 2 aromatic rings. The van der Waals surface area contributed by atoms with E-state index in [-0.39, 0.29) is 0 Å². The minimum absolute atomic E-state index is 0.575. The second-order valence-corrected chi connectivity index (χ2v) is 7.09. The number of nitrogens with two attached hydrogens (primary N) is 1. The molecule has 0 bridgehead atoms. The van der Waals surface area contributed by atoms with Crippen LogP contribution in [-0.4, -0.2) is 36.5 Å². The van der Waals surface area contributed by atoms with Crippen LogP contribution >= 0.6 is 11.8 Å². The highest BCUT2D eigenvalue weighted by molar-refractivity contribution is 7.98. The van der Waals surface area contributed by atoms with Crippen LogP contribution < -0.4 is 5.73 Å². The lowest BCUT2D eigenvalue weighted by molar-refractivity contribution is -0.293. The van der Waals surface area contributed by atoms with Crippen LogP contribution in [0.4, 0.5) is 0 Å². The fraction of sp³-hybridized carbons (Fsp3) is 0.190. The molecule has 0 spiro atoms. The van der Waals surface area contributed by atoms with E-state index < -0.39 is 0 Å². The number of aromatic nitrogens is 1. The first-order valence-corrected chi connectivity index (χ1v) is 9.85. The number of nitrogens with zero attached hydrogens (tertiary/aromatic N) is 1. The van der Waals surface area contributed by atoms with Gasteiger partial charge in [-0.3, -0.25) is 4.49 Å². The molecule has 0 atom stereocenters. The smallest absolute Gasteiger partial charge is 0.355 e. The van der Waals surface area contributed by atoms with Crippen molar-refractivity contribution in [1.82, 2.24) is 4.98 Å². The summed E-state index contributed by atoms with van der Waals surface area (Å²) in [6.45, 7) is 2.68. The van der Waals surface area contributed by atoms with E-state index in [4.69, 9.17) is 13.7 Å². The van der Waals surface area contributed by atoms with Crippen molar-refractivity contribution < 1.29 is 4.49 Å². The van der Waals surface area contributed by atoms with Gasteiger partial charge in [-0.2, -0.15) is 0 Å². The number of allylic oxidation sites excluding steroid dienone is 2. The standard InChI is InChI=1S/C21H23BN3S/c1-15-14-17(8-5-16-6-9-18(26-2)10-7-16)24-21(15)19(11-12-23)20-4-3-13-25(20)22/h3-10,13-14,24H,11-12,23H2,1-2H3/q+1/b8-5+. The van der Waals surface area contributed by atoms with E-state index in [0.717, 1.165) is 29.1 Å². The molecule has 130 valence electrons. The molecular weight excluding hydrogens is 337 g/mol. The fourth-order valence-electron chi connectivity index (χ4n) is 3.06. The molecule has 3 rings (SSSR count). The second-order valence-electron chi connectivity index (χ2n) is 6.21. The largest absolute Gasteiger partial charge is 0.586 e. The summed E-state index contributed by atoms with van der Waals surface area (Å²) in [5.41, 5.74) is 12.5. The summed E-state index contributed by atoms with van der Waals surface area (Å²) in [4.78, 5) is 4.79. The monoisotopic (exact) mass is 360 g/mol. The summed E-state index contributed by atoms with van der Waals surface area (Å²) in [5, 5.41) is 0. The first-order valence-electron chi connectivity index (χ1n) is 8.63. The van der Waals surface area contributed by atoms with Crippen LogP contribution in [0.15, 0.2) is 53.1 Å². The average Bonchev–Trinajstić information content (AvgIpc) is 3.24. The van der Waals surface area contributed by atoms with Crippen molar-refractivity contribution in [2.24, 2.45) is 5.73 Å². The summed E-state index contributed by atoms with van der Waals surface area (Å²) < 4.78 is 1.65. The lowest BCUT2D eigenvalue weighted by atomic mass is 10.0. The van der Waals surface area contributed by atoms with Gasteiger partial charge in [-0.05, 0) is 61.5 Å². The molecular formula is C21H23BN3S+. The van der Waals surface area contributed by atoms with Gasteiger partial charge in [0.05, 0.1) is 5.69 Å². The highest BCUT2D eigenvalue weighted by atomic mass is 32.2. The van der Waals surface area contributed by atoms with Crippen LogP contribution in [0.5, 0.6) is 0 Å². The number of aryl methyl sites for hydroxylation is 1. The Bertz CT molecular complexity index is 902. The number of hydrogen-bond acceptors (Lipinski definition) is 2. The molecule has 0 saturated heterocycles. The average molecular weight is 360 g/mol. The third-order valence-electron chi connectivity index (χ3n) is 4.39. The number of thioether (sulfide) groups is 1. The lowest BCUT2D eigenvalue weighted by Crippen LogP contribution is -2.09. The van der Waals surface area contributed by atoms with Crippen LogP contribution in [0.2, 0.25) is 0 Å². The van der Waals surface area contributed by atoms with Gasteiger partial charge in [-0.1, -0.05) is 18.2 Å². The van der Waals surface area contributed by atoms with Crippen LogP contribution in [0.1, 0.15) is 28.9 Å². The van der Waals surface area contributed by atoms with Gasteiger partial charge < -0.3 is 10.7 Å². The Kier molecular flexibility index (Phi) is 6.02. The molecule has 0 aliphatic carbocycles. The number of benzene rings is 1. The molecule has 1 aliphatic rings. The van der Waals surface area contributed by atoms with Crippen molar-refractivity contribution in [3.8, 4) is 0 Å². The van der Waals surface area contributed by atoms with Crippen molar-refractivity contribution in [1.29, 1.82) is 0 Å². The molecule has 3 nitrogen and oxygen atoms in total. The maximum absolute atomic E-state index is 6.05.